The van der Waals surface area contributed by atoms with Crippen molar-refractivity contribution in [3.05, 3.63) is 64.9 Å². The van der Waals surface area contributed by atoms with Gasteiger partial charge in [0, 0.05) is 10.6 Å². The monoisotopic (exact) mass is 371 g/mol. The van der Waals surface area contributed by atoms with E-state index in [2.05, 4.69) is 15.5 Å². The molecule has 1 heterocycles. The average molecular weight is 372 g/mol. The highest BCUT2D eigenvalue weighted by Crippen LogP contribution is 2.19. The first kappa shape index (κ1) is 17.9. The highest BCUT2D eigenvalue weighted by atomic mass is 35.5. The van der Waals surface area contributed by atoms with Crippen LogP contribution in [0, 0.1) is 6.92 Å². The molecule has 0 unspecified atom stereocenters. The molecular weight excluding hydrogens is 354 g/mol. The van der Waals surface area contributed by atoms with Gasteiger partial charge in [-0.1, -0.05) is 40.5 Å². The van der Waals surface area contributed by atoms with Gasteiger partial charge in [-0.15, -0.1) is 0 Å². The molecule has 0 radical (unpaired) electrons. The average Bonchev–Trinajstić information content (AvgIpc) is 3.08. The standard InChI is InChI=1S/C19H18ClN3O3/c1-12-5-3-6-14(9-12)19-22-17(23-26-19)11-21-18(24)13(2)25-16-8-4-7-15(20)10-16/h3-10,13H,11H2,1-2H3,(H,21,24)/t13-/m1/s1. The van der Waals surface area contributed by atoms with Gasteiger partial charge in [-0.2, -0.15) is 4.98 Å². The van der Waals surface area contributed by atoms with E-state index in [1.54, 1.807) is 31.2 Å². The Bertz CT molecular complexity index is 910. The Hall–Kier alpha value is -2.86. The lowest BCUT2D eigenvalue weighted by atomic mass is 10.1. The minimum absolute atomic E-state index is 0.150. The minimum Gasteiger partial charge on any atom is -0.481 e. The number of amides is 1. The summed E-state index contributed by atoms with van der Waals surface area (Å²) in [7, 11) is 0. The van der Waals surface area contributed by atoms with E-state index in [1.807, 2.05) is 31.2 Å². The molecule has 7 heteroatoms. The molecule has 6 nitrogen and oxygen atoms in total. The lowest BCUT2D eigenvalue weighted by Gasteiger charge is -2.14. The molecule has 3 aromatic rings. The second kappa shape index (κ2) is 8.01. The summed E-state index contributed by atoms with van der Waals surface area (Å²) in [6.45, 7) is 3.80. The van der Waals surface area contributed by atoms with Gasteiger partial charge in [0.1, 0.15) is 5.75 Å². The van der Waals surface area contributed by atoms with Crippen LogP contribution in [0.5, 0.6) is 5.75 Å². The van der Waals surface area contributed by atoms with Crippen LogP contribution in [-0.2, 0) is 11.3 Å². The van der Waals surface area contributed by atoms with Gasteiger partial charge in [-0.25, -0.2) is 0 Å². The van der Waals surface area contributed by atoms with Crippen LogP contribution < -0.4 is 10.1 Å². The molecule has 0 aliphatic carbocycles. The second-order valence-corrected chi connectivity index (χ2v) is 6.26. The third-order valence-electron chi connectivity index (χ3n) is 3.63. The van der Waals surface area contributed by atoms with E-state index < -0.39 is 6.10 Å². The number of nitrogens with one attached hydrogen (secondary N) is 1. The third kappa shape index (κ3) is 4.61. The van der Waals surface area contributed by atoms with Gasteiger partial charge in [0.25, 0.3) is 11.8 Å². The summed E-state index contributed by atoms with van der Waals surface area (Å²) in [5, 5.41) is 7.16. The summed E-state index contributed by atoms with van der Waals surface area (Å²) < 4.78 is 10.8. The first-order valence-corrected chi connectivity index (χ1v) is 8.48. The van der Waals surface area contributed by atoms with Gasteiger partial charge in [0.2, 0.25) is 0 Å². The SMILES string of the molecule is Cc1cccc(-c2nc(CNC(=O)[C@@H](C)Oc3cccc(Cl)c3)no2)c1. The summed E-state index contributed by atoms with van der Waals surface area (Å²) in [4.78, 5) is 16.5. The van der Waals surface area contributed by atoms with E-state index in [1.165, 1.54) is 0 Å². The molecule has 0 saturated heterocycles. The second-order valence-electron chi connectivity index (χ2n) is 5.82. The lowest BCUT2D eigenvalue weighted by Crippen LogP contribution is -2.36. The van der Waals surface area contributed by atoms with Gasteiger partial charge in [0.15, 0.2) is 11.9 Å². The first-order valence-electron chi connectivity index (χ1n) is 8.11. The van der Waals surface area contributed by atoms with Crippen molar-refractivity contribution in [3.8, 4) is 17.2 Å². The van der Waals surface area contributed by atoms with Crippen LogP contribution in [0.25, 0.3) is 11.5 Å². The smallest absolute Gasteiger partial charge is 0.261 e. The van der Waals surface area contributed by atoms with Gasteiger partial charge >= 0.3 is 0 Å². The van der Waals surface area contributed by atoms with Crippen LogP contribution in [0.2, 0.25) is 5.02 Å². The van der Waals surface area contributed by atoms with Crippen molar-refractivity contribution in [1.29, 1.82) is 0 Å². The predicted molar refractivity (Wildman–Crippen MR) is 97.9 cm³/mol. The Balaban J connectivity index is 1.56. The molecule has 0 bridgehead atoms. The molecule has 134 valence electrons. The maximum atomic E-state index is 12.2. The third-order valence-corrected chi connectivity index (χ3v) is 3.87. The molecule has 3 rings (SSSR count). The van der Waals surface area contributed by atoms with E-state index >= 15 is 0 Å². The lowest BCUT2D eigenvalue weighted by molar-refractivity contribution is -0.127. The van der Waals surface area contributed by atoms with Crippen LogP contribution in [0.4, 0.5) is 0 Å². The molecule has 0 aliphatic rings. The summed E-state index contributed by atoms with van der Waals surface area (Å²) in [5.74, 6) is 1.05. The number of ether oxygens (including phenoxy) is 1. The number of hydrogen-bond donors (Lipinski definition) is 1. The van der Waals surface area contributed by atoms with Gasteiger partial charge in [0.05, 0.1) is 6.54 Å². The number of carbonyl (C=O) groups excluding carboxylic acids is 1. The van der Waals surface area contributed by atoms with E-state index in [-0.39, 0.29) is 12.5 Å². The van der Waals surface area contributed by atoms with Crippen LogP contribution in [0.3, 0.4) is 0 Å². The highest BCUT2D eigenvalue weighted by molar-refractivity contribution is 6.30. The fourth-order valence-electron chi connectivity index (χ4n) is 2.33. The van der Waals surface area contributed by atoms with Crippen molar-refractivity contribution in [2.75, 3.05) is 0 Å². The Morgan fingerprint density at radius 3 is 2.85 bits per heavy atom. The van der Waals surface area contributed by atoms with Gasteiger partial charge in [-0.3, -0.25) is 4.79 Å². The zero-order valence-electron chi connectivity index (χ0n) is 14.4. The molecule has 1 aromatic heterocycles. The summed E-state index contributed by atoms with van der Waals surface area (Å²) in [6, 6.07) is 14.6. The molecule has 2 aromatic carbocycles. The largest absolute Gasteiger partial charge is 0.481 e. The molecule has 1 amide bonds. The topological polar surface area (TPSA) is 77.2 Å². The molecule has 1 atom stereocenters. The summed E-state index contributed by atoms with van der Waals surface area (Å²) >= 11 is 5.90. The number of benzene rings is 2. The number of aromatic nitrogens is 2. The minimum atomic E-state index is -0.684. The predicted octanol–water partition coefficient (Wildman–Crippen LogP) is 3.78. The Morgan fingerprint density at radius 2 is 2.08 bits per heavy atom. The fraction of sp³-hybridized carbons (Fsp3) is 0.211. The van der Waals surface area contributed by atoms with Gasteiger partial charge < -0.3 is 14.6 Å². The van der Waals surface area contributed by atoms with E-state index in [0.29, 0.717) is 22.5 Å². The maximum absolute atomic E-state index is 12.2. The van der Waals surface area contributed by atoms with E-state index in [4.69, 9.17) is 20.9 Å². The highest BCUT2D eigenvalue weighted by Gasteiger charge is 2.16. The van der Waals surface area contributed by atoms with E-state index in [0.717, 1.165) is 11.1 Å². The molecule has 0 aliphatic heterocycles. The van der Waals surface area contributed by atoms with Crippen molar-refractivity contribution in [3.63, 3.8) is 0 Å². The van der Waals surface area contributed by atoms with Crippen molar-refractivity contribution < 1.29 is 14.1 Å². The molecule has 0 fully saturated rings. The van der Waals surface area contributed by atoms with Crippen LogP contribution >= 0.6 is 11.6 Å². The Labute approximate surface area is 156 Å². The first-order chi connectivity index (χ1) is 12.5. The number of nitrogens with zero attached hydrogens (tertiary/aromatic N) is 2. The molecular formula is C19H18ClN3O3. The molecule has 1 N–H and O–H groups in total. The number of carbonyl (C=O) groups is 1. The van der Waals surface area contributed by atoms with Crippen LogP contribution in [-0.4, -0.2) is 22.2 Å². The maximum Gasteiger partial charge on any atom is 0.261 e. The number of hydrogen-bond acceptors (Lipinski definition) is 5. The van der Waals surface area contributed by atoms with Crippen molar-refractivity contribution in [2.45, 2.75) is 26.5 Å². The normalized spacial score (nSPS) is 11.8. The van der Waals surface area contributed by atoms with Gasteiger partial charge in [-0.05, 0) is 44.2 Å². The number of rotatable bonds is 6. The Morgan fingerprint density at radius 1 is 1.27 bits per heavy atom. The molecule has 0 saturated carbocycles. The van der Waals surface area contributed by atoms with E-state index in [9.17, 15) is 4.79 Å². The number of aryl methyl sites for hydroxylation is 1. The summed E-state index contributed by atoms with van der Waals surface area (Å²) in [5.41, 5.74) is 1.94. The summed E-state index contributed by atoms with van der Waals surface area (Å²) in [6.07, 6.45) is -0.684. The molecule has 0 spiro atoms. The quantitative estimate of drug-likeness (QED) is 0.713. The Kier molecular flexibility index (Phi) is 5.53. The van der Waals surface area contributed by atoms with Crippen LogP contribution in [0.15, 0.2) is 53.1 Å². The van der Waals surface area contributed by atoms with Crippen molar-refractivity contribution in [1.82, 2.24) is 15.5 Å². The zero-order chi connectivity index (χ0) is 18.5. The fourth-order valence-corrected chi connectivity index (χ4v) is 2.51. The van der Waals surface area contributed by atoms with Crippen LogP contribution in [0.1, 0.15) is 18.3 Å². The van der Waals surface area contributed by atoms with Crippen molar-refractivity contribution in [2.24, 2.45) is 0 Å². The molecule has 26 heavy (non-hydrogen) atoms. The van der Waals surface area contributed by atoms with Crippen molar-refractivity contribution >= 4 is 17.5 Å². The zero-order valence-corrected chi connectivity index (χ0v) is 15.2. The number of halogens is 1.